The van der Waals surface area contributed by atoms with Crippen molar-refractivity contribution in [1.29, 1.82) is 0 Å². The molecule has 0 saturated carbocycles. The molecule has 0 unspecified atom stereocenters. The Morgan fingerprint density at radius 3 is 2.62 bits per heavy atom. The number of nitro groups is 1. The maximum absolute atomic E-state index is 11.1. The molecule has 2 N–H and O–H groups in total. The number of rotatable bonds is 1. The van der Waals surface area contributed by atoms with Gasteiger partial charge in [0, 0.05) is 11.5 Å². The normalized spacial score (nSPS) is 10.5. The van der Waals surface area contributed by atoms with E-state index in [1.165, 1.54) is 6.07 Å². The Hall–Kier alpha value is -2.57. The second-order valence-electron chi connectivity index (χ2n) is 3.03. The van der Waals surface area contributed by atoms with Crippen LogP contribution in [0.1, 0.15) is 0 Å². The summed E-state index contributed by atoms with van der Waals surface area (Å²) in [6.45, 7) is 0. The summed E-state index contributed by atoms with van der Waals surface area (Å²) in [5.41, 5.74) is -2.19. The zero-order valence-corrected chi connectivity index (χ0v) is 7.71. The first-order chi connectivity index (χ1) is 7.50. The molecule has 0 bridgehead atoms. The van der Waals surface area contributed by atoms with Gasteiger partial charge in [0.15, 0.2) is 11.3 Å². The highest BCUT2D eigenvalue weighted by Crippen LogP contribution is 2.33. The Morgan fingerprint density at radius 1 is 1.31 bits per heavy atom. The lowest BCUT2D eigenvalue weighted by Gasteiger charge is -2.00. The fourth-order valence-electron chi connectivity index (χ4n) is 1.28. The number of aromatic hydroxyl groups is 2. The molecule has 0 spiro atoms. The molecule has 7 heteroatoms. The minimum atomic E-state index is -1.18. The Balaban J connectivity index is 2.89. The van der Waals surface area contributed by atoms with Gasteiger partial charge in [0.05, 0.1) is 4.92 Å². The number of fused-ring (bicyclic) bond motifs is 1. The van der Waals surface area contributed by atoms with Crippen LogP contribution in [0.4, 0.5) is 5.69 Å². The maximum atomic E-state index is 11.1. The molecule has 0 radical (unpaired) electrons. The smallest absolute Gasteiger partial charge is 0.415 e. The van der Waals surface area contributed by atoms with E-state index in [2.05, 4.69) is 4.42 Å². The van der Waals surface area contributed by atoms with Gasteiger partial charge in [-0.05, 0) is 12.1 Å². The van der Waals surface area contributed by atoms with E-state index in [1.54, 1.807) is 0 Å². The van der Waals surface area contributed by atoms with Gasteiger partial charge in [0.1, 0.15) is 0 Å². The largest absolute Gasteiger partial charge is 0.504 e. The van der Waals surface area contributed by atoms with Gasteiger partial charge >= 0.3 is 11.3 Å². The summed E-state index contributed by atoms with van der Waals surface area (Å²) in [5.74, 6) is -1.09. The number of hydrogen-bond donors (Lipinski definition) is 2. The molecule has 2 rings (SSSR count). The number of phenolic OH excluding ortho intramolecular Hbond substituents is 2. The van der Waals surface area contributed by atoms with Gasteiger partial charge in [-0.3, -0.25) is 10.1 Å². The van der Waals surface area contributed by atoms with E-state index < -0.39 is 27.7 Å². The van der Waals surface area contributed by atoms with E-state index in [4.69, 9.17) is 5.11 Å². The number of hydrogen-bond acceptors (Lipinski definition) is 6. The summed E-state index contributed by atoms with van der Waals surface area (Å²) in [6.07, 6.45) is 0. The Labute approximate surface area is 87.3 Å². The fourth-order valence-corrected chi connectivity index (χ4v) is 1.28. The van der Waals surface area contributed by atoms with E-state index >= 15 is 0 Å². The summed E-state index contributed by atoms with van der Waals surface area (Å²) in [6, 6.07) is 3.40. The molecule has 2 aromatic rings. The molecule has 1 heterocycles. The second-order valence-corrected chi connectivity index (χ2v) is 3.03. The van der Waals surface area contributed by atoms with E-state index in [0.29, 0.717) is 0 Å². The highest BCUT2D eigenvalue weighted by molar-refractivity contribution is 5.85. The monoisotopic (exact) mass is 223 g/mol. The summed E-state index contributed by atoms with van der Waals surface area (Å²) < 4.78 is 4.56. The van der Waals surface area contributed by atoms with Gasteiger partial charge in [0.2, 0.25) is 5.75 Å². The van der Waals surface area contributed by atoms with Gasteiger partial charge in [-0.1, -0.05) is 0 Å². The van der Waals surface area contributed by atoms with Gasteiger partial charge in [0.25, 0.3) is 0 Å². The zero-order chi connectivity index (χ0) is 11.9. The minimum absolute atomic E-state index is 0.154. The highest BCUT2D eigenvalue weighted by Gasteiger charge is 2.18. The Kier molecular flexibility index (Phi) is 2.01. The first-order valence-electron chi connectivity index (χ1n) is 4.14. The van der Waals surface area contributed by atoms with Crippen molar-refractivity contribution in [2.24, 2.45) is 0 Å². The molecule has 0 saturated heterocycles. The van der Waals surface area contributed by atoms with Crippen molar-refractivity contribution in [1.82, 2.24) is 0 Å². The van der Waals surface area contributed by atoms with Crippen LogP contribution in [0.5, 0.6) is 11.5 Å². The maximum Gasteiger partial charge on any atom is 0.415 e. The molecular weight excluding hydrogens is 218 g/mol. The van der Waals surface area contributed by atoms with Crippen molar-refractivity contribution in [3.05, 3.63) is 38.7 Å². The Morgan fingerprint density at radius 2 is 2.00 bits per heavy atom. The zero-order valence-electron chi connectivity index (χ0n) is 7.71. The van der Waals surface area contributed by atoms with Crippen LogP contribution in [0, 0.1) is 10.1 Å². The molecule has 0 aliphatic heterocycles. The van der Waals surface area contributed by atoms with Crippen molar-refractivity contribution < 1.29 is 19.6 Å². The number of nitrogens with zero attached hydrogens (tertiary/aromatic N) is 1. The van der Waals surface area contributed by atoms with Gasteiger partial charge in [-0.15, -0.1) is 0 Å². The summed E-state index contributed by atoms with van der Waals surface area (Å²) >= 11 is 0. The molecule has 16 heavy (non-hydrogen) atoms. The molecule has 1 aromatic heterocycles. The predicted octanol–water partition coefficient (Wildman–Crippen LogP) is 1.11. The average Bonchev–Trinajstić information content (AvgIpc) is 2.23. The molecular formula is C9H5NO6. The van der Waals surface area contributed by atoms with E-state index in [1.807, 2.05) is 0 Å². The quantitative estimate of drug-likeness (QED) is 0.324. The lowest BCUT2D eigenvalue weighted by atomic mass is 10.2. The van der Waals surface area contributed by atoms with E-state index in [0.717, 1.165) is 12.1 Å². The first-order valence-corrected chi connectivity index (χ1v) is 4.14. The van der Waals surface area contributed by atoms with Crippen LogP contribution in [0.15, 0.2) is 27.4 Å². The predicted molar refractivity (Wildman–Crippen MR) is 52.5 cm³/mol. The third-order valence-corrected chi connectivity index (χ3v) is 2.03. The van der Waals surface area contributed by atoms with Crippen LogP contribution in [-0.4, -0.2) is 15.1 Å². The third kappa shape index (κ3) is 1.34. The summed E-state index contributed by atoms with van der Waals surface area (Å²) in [4.78, 5) is 20.7. The number of phenols is 2. The van der Waals surface area contributed by atoms with Crippen molar-refractivity contribution in [3.63, 3.8) is 0 Å². The lowest BCUT2D eigenvalue weighted by Crippen LogP contribution is -2.05. The van der Waals surface area contributed by atoms with Crippen molar-refractivity contribution >= 4 is 16.7 Å². The second kappa shape index (κ2) is 3.23. The van der Waals surface area contributed by atoms with Crippen LogP contribution >= 0.6 is 0 Å². The Bertz CT molecular complexity index is 644. The highest BCUT2D eigenvalue weighted by atomic mass is 16.6. The topological polar surface area (TPSA) is 114 Å². The van der Waals surface area contributed by atoms with Crippen molar-refractivity contribution in [2.75, 3.05) is 0 Å². The molecule has 7 nitrogen and oxygen atoms in total. The molecule has 0 aliphatic rings. The molecule has 0 fully saturated rings. The third-order valence-electron chi connectivity index (χ3n) is 2.03. The van der Waals surface area contributed by atoms with Crippen LogP contribution < -0.4 is 5.63 Å². The summed E-state index contributed by atoms with van der Waals surface area (Å²) in [5, 5.41) is 29.1. The standard InChI is InChI=1S/C9H5NO6/c11-6-2-1-4-3-5(10(14)15)9(13)16-8(4)7(6)12/h1-3,11-12H. The first kappa shape index (κ1) is 9.97. The van der Waals surface area contributed by atoms with E-state index in [-0.39, 0.29) is 11.0 Å². The average molecular weight is 223 g/mol. The van der Waals surface area contributed by atoms with Crippen molar-refractivity contribution in [3.8, 4) is 11.5 Å². The van der Waals surface area contributed by atoms with Crippen LogP contribution in [0.2, 0.25) is 0 Å². The van der Waals surface area contributed by atoms with Crippen LogP contribution in [0.3, 0.4) is 0 Å². The lowest BCUT2D eigenvalue weighted by molar-refractivity contribution is -0.387. The van der Waals surface area contributed by atoms with Gasteiger partial charge < -0.3 is 14.6 Å². The van der Waals surface area contributed by atoms with E-state index in [9.17, 15) is 20.0 Å². The molecule has 0 amide bonds. The molecule has 1 aromatic carbocycles. The van der Waals surface area contributed by atoms with Crippen LogP contribution in [0.25, 0.3) is 11.0 Å². The number of benzene rings is 1. The van der Waals surface area contributed by atoms with Gasteiger partial charge in [-0.2, -0.15) is 0 Å². The molecule has 0 aliphatic carbocycles. The van der Waals surface area contributed by atoms with Crippen LogP contribution in [-0.2, 0) is 0 Å². The fraction of sp³-hybridized carbons (Fsp3) is 0. The van der Waals surface area contributed by atoms with Gasteiger partial charge in [-0.25, -0.2) is 4.79 Å². The van der Waals surface area contributed by atoms with Crippen molar-refractivity contribution in [2.45, 2.75) is 0 Å². The minimum Gasteiger partial charge on any atom is -0.504 e. The SMILES string of the molecule is O=c1oc2c(O)c(O)ccc2cc1[N+](=O)[O-]. The summed E-state index contributed by atoms with van der Waals surface area (Å²) in [7, 11) is 0. The molecule has 0 atom stereocenters. The molecule has 82 valence electrons.